The van der Waals surface area contributed by atoms with Crippen molar-refractivity contribution in [2.75, 3.05) is 0 Å². The second-order valence-electron chi connectivity index (χ2n) is 3.29. The molecule has 1 aliphatic rings. The lowest BCUT2D eigenvalue weighted by molar-refractivity contribution is -0.142. The third-order valence-electron chi connectivity index (χ3n) is 2.33. The summed E-state index contributed by atoms with van der Waals surface area (Å²) in [6.45, 7) is 0. The van der Waals surface area contributed by atoms with E-state index in [-0.39, 0.29) is 6.10 Å². The van der Waals surface area contributed by atoms with E-state index in [1.165, 1.54) is 0 Å². The van der Waals surface area contributed by atoms with E-state index in [2.05, 4.69) is 10.0 Å². The van der Waals surface area contributed by atoms with Gasteiger partial charge in [-0.05, 0) is 11.1 Å². The van der Waals surface area contributed by atoms with Crippen molar-refractivity contribution in [3.05, 3.63) is 46.3 Å². The molecule has 1 aliphatic heterocycles. The van der Waals surface area contributed by atoms with Crippen molar-refractivity contribution in [3.8, 4) is 0 Å². The van der Waals surface area contributed by atoms with Crippen LogP contribution in [0.2, 0.25) is 0 Å². The number of nitrogens with zero attached hydrogens (tertiary/aromatic N) is 3. The number of hydrogen-bond donors (Lipinski definition) is 0. The first-order chi connectivity index (χ1) is 7.31. The minimum atomic E-state index is -0.680. The van der Waals surface area contributed by atoms with Crippen molar-refractivity contribution < 1.29 is 9.53 Å². The molecular formula is C10H9N3O2. The number of ether oxygens (including phenoxy) is 1. The highest BCUT2D eigenvalue weighted by atomic mass is 16.6. The van der Waals surface area contributed by atoms with E-state index >= 15 is 0 Å². The van der Waals surface area contributed by atoms with Gasteiger partial charge in [0.15, 0.2) is 0 Å². The Hall–Kier alpha value is -2.00. The van der Waals surface area contributed by atoms with Gasteiger partial charge < -0.3 is 4.74 Å². The zero-order valence-electron chi connectivity index (χ0n) is 7.91. The number of carbonyl (C=O) groups excluding carboxylic acids is 1. The van der Waals surface area contributed by atoms with E-state index in [1.807, 2.05) is 30.3 Å². The molecular weight excluding hydrogens is 194 g/mol. The summed E-state index contributed by atoms with van der Waals surface area (Å²) in [5, 5.41) is 3.39. The third kappa shape index (κ3) is 1.92. The summed E-state index contributed by atoms with van der Waals surface area (Å²) < 4.78 is 5.11. The molecule has 15 heavy (non-hydrogen) atoms. The quantitative estimate of drug-likeness (QED) is 0.320. The van der Waals surface area contributed by atoms with E-state index in [0.717, 1.165) is 5.56 Å². The number of azide groups is 1. The predicted octanol–water partition coefficient (Wildman–Crippen LogP) is 2.35. The Kier molecular flexibility index (Phi) is 2.56. The summed E-state index contributed by atoms with van der Waals surface area (Å²) in [6, 6.07) is 8.74. The fourth-order valence-electron chi connectivity index (χ4n) is 1.59. The van der Waals surface area contributed by atoms with Crippen molar-refractivity contribution in [1.29, 1.82) is 0 Å². The van der Waals surface area contributed by atoms with Gasteiger partial charge in [-0.3, -0.25) is 4.79 Å². The van der Waals surface area contributed by atoms with Gasteiger partial charge in [0.25, 0.3) is 0 Å². The zero-order valence-corrected chi connectivity index (χ0v) is 7.91. The molecule has 5 nitrogen and oxygen atoms in total. The van der Waals surface area contributed by atoms with Gasteiger partial charge >= 0.3 is 5.97 Å². The fourth-order valence-corrected chi connectivity index (χ4v) is 1.59. The molecule has 5 heteroatoms. The van der Waals surface area contributed by atoms with E-state index in [9.17, 15) is 4.79 Å². The standard InChI is InChI=1S/C10H9N3O2/c11-13-12-8-6-9(15-10(8)14)7-4-2-1-3-5-7/h1-5,8-9H,6H2/t8-,9+/m1/s1. The third-order valence-corrected chi connectivity index (χ3v) is 2.33. The molecule has 1 aromatic carbocycles. The lowest BCUT2D eigenvalue weighted by Gasteiger charge is -2.07. The first kappa shape index (κ1) is 9.55. The highest BCUT2D eigenvalue weighted by Gasteiger charge is 2.34. The summed E-state index contributed by atoms with van der Waals surface area (Å²) >= 11 is 0. The number of hydrogen-bond acceptors (Lipinski definition) is 3. The number of esters is 1. The fraction of sp³-hybridized carbons (Fsp3) is 0.300. The van der Waals surface area contributed by atoms with Crippen LogP contribution in [0.1, 0.15) is 18.1 Å². The van der Waals surface area contributed by atoms with Crippen molar-refractivity contribution in [2.45, 2.75) is 18.6 Å². The molecule has 1 saturated heterocycles. The van der Waals surface area contributed by atoms with E-state index in [0.29, 0.717) is 6.42 Å². The lowest BCUT2D eigenvalue weighted by Crippen LogP contribution is -2.09. The molecule has 1 fully saturated rings. The minimum Gasteiger partial charge on any atom is -0.457 e. The topological polar surface area (TPSA) is 75.1 Å². The monoisotopic (exact) mass is 203 g/mol. The first-order valence-corrected chi connectivity index (χ1v) is 4.61. The molecule has 0 amide bonds. The van der Waals surface area contributed by atoms with Crippen LogP contribution in [0.4, 0.5) is 0 Å². The Morgan fingerprint density at radius 2 is 2.13 bits per heavy atom. The van der Waals surface area contributed by atoms with Gasteiger partial charge in [0.05, 0.1) is 0 Å². The Morgan fingerprint density at radius 1 is 1.40 bits per heavy atom. The Bertz CT molecular complexity index is 412. The van der Waals surface area contributed by atoms with Crippen LogP contribution in [-0.2, 0) is 9.53 Å². The molecule has 0 N–H and O–H groups in total. The molecule has 76 valence electrons. The predicted molar refractivity (Wildman–Crippen MR) is 52.8 cm³/mol. The molecule has 0 spiro atoms. The molecule has 0 aliphatic carbocycles. The molecule has 0 radical (unpaired) electrons. The summed E-state index contributed by atoms with van der Waals surface area (Å²) in [5.41, 5.74) is 9.18. The smallest absolute Gasteiger partial charge is 0.315 e. The second-order valence-corrected chi connectivity index (χ2v) is 3.29. The van der Waals surface area contributed by atoms with E-state index < -0.39 is 12.0 Å². The first-order valence-electron chi connectivity index (χ1n) is 4.61. The summed E-state index contributed by atoms with van der Waals surface area (Å²) in [6.07, 6.45) is 0.140. The van der Waals surface area contributed by atoms with Gasteiger partial charge in [-0.25, -0.2) is 0 Å². The number of cyclic esters (lactones) is 1. The van der Waals surface area contributed by atoms with Gasteiger partial charge in [-0.15, -0.1) is 0 Å². The molecule has 0 saturated carbocycles. The molecule has 2 rings (SSSR count). The van der Waals surface area contributed by atoms with Crippen LogP contribution in [-0.4, -0.2) is 12.0 Å². The Morgan fingerprint density at radius 3 is 2.80 bits per heavy atom. The van der Waals surface area contributed by atoms with Crippen molar-refractivity contribution in [3.63, 3.8) is 0 Å². The van der Waals surface area contributed by atoms with E-state index in [1.54, 1.807) is 0 Å². The molecule has 0 aromatic heterocycles. The maximum Gasteiger partial charge on any atom is 0.315 e. The highest BCUT2D eigenvalue weighted by Crippen LogP contribution is 2.30. The SMILES string of the molecule is [N-]=[N+]=N[C@@H]1C[C@@H](c2ccccc2)OC1=O. The van der Waals surface area contributed by atoms with Crippen LogP contribution in [0.25, 0.3) is 10.4 Å². The van der Waals surface area contributed by atoms with Crippen molar-refractivity contribution >= 4 is 5.97 Å². The Balaban J connectivity index is 2.16. The average molecular weight is 203 g/mol. The summed E-state index contributed by atoms with van der Waals surface area (Å²) in [5.74, 6) is -0.443. The van der Waals surface area contributed by atoms with Gasteiger partial charge in [0, 0.05) is 11.3 Å². The van der Waals surface area contributed by atoms with Crippen molar-refractivity contribution in [1.82, 2.24) is 0 Å². The van der Waals surface area contributed by atoms with Gasteiger partial charge in [0.1, 0.15) is 12.1 Å². The average Bonchev–Trinajstić information content (AvgIpc) is 2.63. The second kappa shape index (κ2) is 4.02. The molecule has 0 bridgehead atoms. The lowest BCUT2D eigenvalue weighted by atomic mass is 10.1. The van der Waals surface area contributed by atoms with Gasteiger partial charge in [-0.2, -0.15) is 0 Å². The van der Waals surface area contributed by atoms with Crippen molar-refractivity contribution in [2.24, 2.45) is 5.11 Å². The van der Waals surface area contributed by atoms with Crippen LogP contribution in [0.15, 0.2) is 35.4 Å². The van der Waals surface area contributed by atoms with Gasteiger partial charge in [-0.1, -0.05) is 35.4 Å². The van der Waals surface area contributed by atoms with Crippen LogP contribution < -0.4 is 0 Å². The van der Waals surface area contributed by atoms with E-state index in [4.69, 9.17) is 10.3 Å². The molecule has 1 aromatic rings. The summed E-state index contributed by atoms with van der Waals surface area (Å²) in [7, 11) is 0. The zero-order chi connectivity index (χ0) is 10.7. The maximum absolute atomic E-state index is 11.3. The largest absolute Gasteiger partial charge is 0.457 e. The minimum absolute atomic E-state index is 0.283. The normalized spacial score (nSPS) is 24.4. The highest BCUT2D eigenvalue weighted by molar-refractivity contribution is 5.78. The van der Waals surface area contributed by atoms with Gasteiger partial charge in [0.2, 0.25) is 0 Å². The maximum atomic E-state index is 11.3. The van der Waals surface area contributed by atoms with Crippen LogP contribution >= 0.6 is 0 Å². The van der Waals surface area contributed by atoms with Crippen LogP contribution in [0, 0.1) is 0 Å². The Labute approximate surface area is 86.3 Å². The van der Waals surface area contributed by atoms with Crippen LogP contribution in [0.5, 0.6) is 0 Å². The van der Waals surface area contributed by atoms with Crippen LogP contribution in [0.3, 0.4) is 0 Å². The number of benzene rings is 1. The molecule has 2 atom stereocenters. The number of rotatable bonds is 2. The number of carbonyl (C=O) groups is 1. The molecule has 0 unspecified atom stereocenters. The molecule has 1 heterocycles. The summed E-state index contributed by atoms with van der Waals surface area (Å²) in [4.78, 5) is 13.9.